The minimum Gasteiger partial charge on any atom is -0.376 e. The fourth-order valence-corrected chi connectivity index (χ4v) is 2.03. The van der Waals surface area contributed by atoms with Crippen LogP contribution in [0.4, 0.5) is 0 Å². The number of ether oxygens (including phenoxy) is 2. The third kappa shape index (κ3) is 3.55. The predicted octanol–water partition coefficient (Wildman–Crippen LogP) is 1.90. The average Bonchev–Trinajstić information content (AvgIpc) is 3.13. The molecule has 1 aliphatic carbocycles. The molecule has 1 saturated heterocycles. The first-order chi connectivity index (χ1) is 8.90. The third-order valence-corrected chi connectivity index (χ3v) is 3.54. The van der Waals surface area contributed by atoms with Crippen molar-refractivity contribution in [3.8, 4) is 0 Å². The van der Waals surface area contributed by atoms with Gasteiger partial charge in [-0.2, -0.15) is 0 Å². The average molecular weight is 247 g/mol. The molecule has 18 heavy (non-hydrogen) atoms. The molecule has 0 amide bonds. The van der Waals surface area contributed by atoms with E-state index in [1.54, 1.807) is 0 Å². The van der Waals surface area contributed by atoms with Crippen molar-refractivity contribution in [1.29, 1.82) is 0 Å². The minimum atomic E-state index is 0.312. The van der Waals surface area contributed by atoms with Crippen molar-refractivity contribution in [2.24, 2.45) is 0 Å². The molecule has 2 fully saturated rings. The summed E-state index contributed by atoms with van der Waals surface area (Å²) in [6, 6.07) is 9.58. The van der Waals surface area contributed by atoms with Gasteiger partial charge in [0.1, 0.15) is 6.10 Å². The quantitative estimate of drug-likeness (QED) is 0.798. The van der Waals surface area contributed by atoms with Gasteiger partial charge in [-0.05, 0) is 36.9 Å². The number of rotatable bonds is 7. The Bertz CT molecular complexity index is 369. The van der Waals surface area contributed by atoms with Crippen LogP contribution in [0.15, 0.2) is 24.3 Å². The number of nitrogens with one attached hydrogen (secondary N) is 1. The van der Waals surface area contributed by atoms with E-state index in [9.17, 15) is 0 Å². The van der Waals surface area contributed by atoms with E-state index in [1.807, 2.05) is 0 Å². The maximum atomic E-state index is 5.69. The van der Waals surface area contributed by atoms with Gasteiger partial charge in [0.2, 0.25) is 0 Å². The summed E-state index contributed by atoms with van der Waals surface area (Å²) in [6.45, 7) is 3.31. The van der Waals surface area contributed by atoms with Crippen LogP contribution in [-0.4, -0.2) is 31.9 Å². The van der Waals surface area contributed by atoms with Crippen molar-refractivity contribution in [3.05, 3.63) is 35.4 Å². The molecule has 1 saturated carbocycles. The minimum absolute atomic E-state index is 0.312. The van der Waals surface area contributed by atoms with Crippen LogP contribution in [0, 0.1) is 0 Å². The molecule has 0 atom stereocenters. The second-order valence-corrected chi connectivity index (χ2v) is 5.27. The third-order valence-electron chi connectivity index (χ3n) is 3.54. The molecular weight excluding hydrogens is 226 g/mol. The fraction of sp³-hybridized carbons (Fsp3) is 0.600. The van der Waals surface area contributed by atoms with Crippen LogP contribution < -0.4 is 5.32 Å². The Hall–Kier alpha value is -0.900. The smallest absolute Gasteiger partial charge is 0.105 e. The van der Waals surface area contributed by atoms with E-state index in [4.69, 9.17) is 9.47 Å². The number of hydrogen-bond donors (Lipinski definition) is 1. The summed E-state index contributed by atoms with van der Waals surface area (Å²) in [4.78, 5) is 0. The van der Waals surface area contributed by atoms with Gasteiger partial charge in [0, 0.05) is 6.04 Å². The Balaban J connectivity index is 1.39. The summed E-state index contributed by atoms with van der Waals surface area (Å²) in [5.41, 5.74) is 2.65. The number of benzene rings is 1. The highest BCUT2D eigenvalue weighted by Crippen LogP contribution is 2.18. The van der Waals surface area contributed by atoms with Crippen LogP contribution in [-0.2, 0) is 22.5 Å². The molecule has 98 valence electrons. The van der Waals surface area contributed by atoms with E-state index >= 15 is 0 Å². The van der Waals surface area contributed by atoms with Crippen molar-refractivity contribution in [1.82, 2.24) is 5.32 Å². The number of hydrogen-bond acceptors (Lipinski definition) is 3. The summed E-state index contributed by atoms with van der Waals surface area (Å²) in [5.74, 6) is 0. The van der Waals surface area contributed by atoms with Gasteiger partial charge in [-0.3, -0.25) is 0 Å². The second kappa shape index (κ2) is 5.83. The maximum absolute atomic E-state index is 5.69. The van der Waals surface area contributed by atoms with Crippen LogP contribution in [0.1, 0.15) is 24.0 Å². The highest BCUT2D eigenvalue weighted by molar-refractivity contribution is 5.22. The normalized spacial score (nSPS) is 19.8. The highest BCUT2D eigenvalue weighted by atomic mass is 16.6. The van der Waals surface area contributed by atoms with Gasteiger partial charge in [0.25, 0.3) is 0 Å². The van der Waals surface area contributed by atoms with E-state index in [-0.39, 0.29) is 0 Å². The summed E-state index contributed by atoms with van der Waals surface area (Å²) >= 11 is 0. The summed E-state index contributed by atoms with van der Waals surface area (Å²) in [7, 11) is 0. The zero-order chi connectivity index (χ0) is 12.2. The molecule has 3 rings (SSSR count). The molecule has 3 nitrogen and oxygen atoms in total. The molecule has 1 heterocycles. The van der Waals surface area contributed by atoms with Crippen molar-refractivity contribution < 1.29 is 9.47 Å². The fourth-order valence-electron chi connectivity index (χ4n) is 2.03. The van der Waals surface area contributed by atoms with E-state index in [1.165, 1.54) is 24.0 Å². The molecule has 0 spiro atoms. The lowest BCUT2D eigenvalue weighted by atomic mass is 10.1. The van der Waals surface area contributed by atoms with Crippen LogP contribution in [0.3, 0.4) is 0 Å². The van der Waals surface area contributed by atoms with Gasteiger partial charge in [0.15, 0.2) is 0 Å². The molecule has 3 heteroatoms. The van der Waals surface area contributed by atoms with Crippen molar-refractivity contribution in [3.63, 3.8) is 0 Å². The first kappa shape index (κ1) is 12.2. The van der Waals surface area contributed by atoms with Crippen molar-refractivity contribution in [2.45, 2.75) is 38.0 Å². The molecule has 0 unspecified atom stereocenters. The predicted molar refractivity (Wildman–Crippen MR) is 70.6 cm³/mol. The van der Waals surface area contributed by atoms with Crippen molar-refractivity contribution in [2.75, 3.05) is 19.8 Å². The summed E-state index contributed by atoms with van der Waals surface area (Å²) in [6.07, 6.45) is 4.16. The first-order valence-electron chi connectivity index (χ1n) is 6.91. The van der Waals surface area contributed by atoms with Gasteiger partial charge >= 0.3 is 0 Å². The van der Waals surface area contributed by atoms with Crippen LogP contribution in [0.2, 0.25) is 0 Å². The standard InChI is InChI=1S/C15H21NO2/c1-3-13(9-18-15-10-17-11-15)4-2-12(1)7-8-16-14-5-6-14/h1-4,14-16H,5-11H2. The van der Waals surface area contributed by atoms with Crippen LogP contribution >= 0.6 is 0 Å². The highest BCUT2D eigenvalue weighted by Gasteiger charge is 2.19. The lowest BCUT2D eigenvalue weighted by Gasteiger charge is -2.25. The first-order valence-corrected chi connectivity index (χ1v) is 6.91. The molecule has 0 radical (unpaired) electrons. The SMILES string of the molecule is c1cc(COC2COC2)ccc1CCNC1CC1. The van der Waals surface area contributed by atoms with Crippen molar-refractivity contribution >= 4 is 0 Å². The summed E-state index contributed by atoms with van der Waals surface area (Å²) in [5, 5.41) is 3.54. The zero-order valence-electron chi connectivity index (χ0n) is 10.7. The van der Waals surface area contributed by atoms with E-state index in [0.717, 1.165) is 32.2 Å². The zero-order valence-corrected chi connectivity index (χ0v) is 10.7. The van der Waals surface area contributed by atoms with E-state index in [0.29, 0.717) is 12.7 Å². The molecule has 0 aromatic heterocycles. The monoisotopic (exact) mass is 247 g/mol. The molecule has 1 aliphatic heterocycles. The molecule has 0 bridgehead atoms. The maximum Gasteiger partial charge on any atom is 0.105 e. The molecule has 1 N–H and O–H groups in total. The second-order valence-electron chi connectivity index (χ2n) is 5.27. The van der Waals surface area contributed by atoms with Gasteiger partial charge in [-0.25, -0.2) is 0 Å². The Kier molecular flexibility index (Phi) is 3.93. The lowest BCUT2D eigenvalue weighted by molar-refractivity contribution is -0.135. The molecule has 1 aromatic rings. The Morgan fingerprint density at radius 1 is 1.11 bits per heavy atom. The van der Waals surface area contributed by atoms with Gasteiger partial charge in [-0.15, -0.1) is 0 Å². The van der Waals surface area contributed by atoms with Gasteiger partial charge in [-0.1, -0.05) is 24.3 Å². The van der Waals surface area contributed by atoms with E-state index in [2.05, 4.69) is 29.6 Å². The Morgan fingerprint density at radius 2 is 1.83 bits per heavy atom. The molecule has 1 aromatic carbocycles. The van der Waals surface area contributed by atoms with Crippen LogP contribution in [0.5, 0.6) is 0 Å². The van der Waals surface area contributed by atoms with E-state index < -0.39 is 0 Å². The summed E-state index contributed by atoms with van der Waals surface area (Å²) < 4.78 is 10.8. The van der Waals surface area contributed by atoms with Gasteiger partial charge < -0.3 is 14.8 Å². The lowest BCUT2D eigenvalue weighted by Crippen LogP contribution is -2.35. The van der Waals surface area contributed by atoms with Crippen LogP contribution in [0.25, 0.3) is 0 Å². The largest absolute Gasteiger partial charge is 0.376 e. The topological polar surface area (TPSA) is 30.5 Å². The Labute approximate surface area is 108 Å². The van der Waals surface area contributed by atoms with Gasteiger partial charge in [0.05, 0.1) is 19.8 Å². The molecule has 2 aliphatic rings. The molecular formula is C15H21NO2. The Morgan fingerprint density at radius 3 is 2.44 bits per heavy atom.